The van der Waals surface area contributed by atoms with Crippen LogP contribution in [0.3, 0.4) is 0 Å². The topological polar surface area (TPSA) is 90.2 Å². The standard InChI is InChI=1S/C6H12O5S/c7-1-2-3(8)4(9)5(10)6(12)11-2/h2-10,12H,1H2/t2?,3-,4+,5?,6+/m1/s1. The first kappa shape index (κ1) is 10.2. The van der Waals surface area contributed by atoms with Crippen molar-refractivity contribution in [2.24, 2.45) is 0 Å². The van der Waals surface area contributed by atoms with Crippen LogP contribution < -0.4 is 0 Å². The van der Waals surface area contributed by atoms with Crippen molar-refractivity contribution in [3.05, 3.63) is 0 Å². The molecule has 1 fully saturated rings. The molecule has 12 heavy (non-hydrogen) atoms. The van der Waals surface area contributed by atoms with Gasteiger partial charge >= 0.3 is 0 Å². The lowest BCUT2D eigenvalue weighted by Gasteiger charge is -2.37. The van der Waals surface area contributed by atoms with Crippen molar-refractivity contribution in [1.29, 1.82) is 0 Å². The molecule has 1 aliphatic rings. The van der Waals surface area contributed by atoms with Crippen LogP contribution in [0.2, 0.25) is 0 Å². The van der Waals surface area contributed by atoms with Gasteiger partial charge in [-0.15, -0.1) is 12.6 Å². The van der Waals surface area contributed by atoms with E-state index < -0.39 is 36.5 Å². The first-order valence-electron chi connectivity index (χ1n) is 3.56. The highest BCUT2D eigenvalue weighted by molar-refractivity contribution is 7.80. The Labute approximate surface area is 75.0 Å². The average molecular weight is 196 g/mol. The van der Waals surface area contributed by atoms with Crippen LogP contribution in [0.4, 0.5) is 0 Å². The van der Waals surface area contributed by atoms with Gasteiger partial charge in [-0.3, -0.25) is 0 Å². The Morgan fingerprint density at radius 3 is 2.17 bits per heavy atom. The molecule has 0 aromatic rings. The summed E-state index contributed by atoms with van der Waals surface area (Å²) in [5, 5.41) is 36.2. The highest BCUT2D eigenvalue weighted by Gasteiger charge is 2.41. The van der Waals surface area contributed by atoms with Crippen LogP contribution in [0, 0.1) is 0 Å². The average Bonchev–Trinajstić information content (AvgIpc) is 2.08. The summed E-state index contributed by atoms with van der Waals surface area (Å²) in [6.07, 6.45) is -4.70. The maximum atomic E-state index is 9.20. The van der Waals surface area contributed by atoms with Crippen molar-refractivity contribution in [2.45, 2.75) is 29.9 Å². The minimum atomic E-state index is -1.32. The molecule has 2 unspecified atom stereocenters. The van der Waals surface area contributed by atoms with Crippen LogP contribution in [-0.4, -0.2) is 56.9 Å². The van der Waals surface area contributed by atoms with Gasteiger partial charge in [0.15, 0.2) is 0 Å². The summed E-state index contributed by atoms with van der Waals surface area (Å²) in [7, 11) is 0. The molecule has 0 bridgehead atoms. The first-order chi connectivity index (χ1) is 5.57. The fourth-order valence-corrected chi connectivity index (χ4v) is 1.41. The lowest BCUT2D eigenvalue weighted by molar-refractivity contribution is -0.205. The largest absolute Gasteiger partial charge is 0.394 e. The van der Waals surface area contributed by atoms with E-state index in [2.05, 4.69) is 12.6 Å². The molecular weight excluding hydrogens is 184 g/mol. The molecule has 0 saturated carbocycles. The minimum Gasteiger partial charge on any atom is -0.394 e. The molecule has 0 spiro atoms. The van der Waals surface area contributed by atoms with E-state index >= 15 is 0 Å². The molecule has 0 aromatic carbocycles. The van der Waals surface area contributed by atoms with E-state index in [4.69, 9.17) is 14.9 Å². The Morgan fingerprint density at radius 2 is 1.67 bits per heavy atom. The molecule has 5 atom stereocenters. The summed E-state index contributed by atoms with van der Waals surface area (Å²) >= 11 is 3.81. The van der Waals surface area contributed by atoms with E-state index in [-0.39, 0.29) is 0 Å². The third kappa shape index (κ3) is 1.73. The van der Waals surface area contributed by atoms with Crippen molar-refractivity contribution >= 4 is 12.6 Å². The number of hydrogen-bond acceptors (Lipinski definition) is 6. The number of rotatable bonds is 1. The van der Waals surface area contributed by atoms with Gasteiger partial charge in [0.2, 0.25) is 0 Å². The van der Waals surface area contributed by atoms with Crippen molar-refractivity contribution in [3.63, 3.8) is 0 Å². The Kier molecular flexibility index (Phi) is 3.33. The van der Waals surface area contributed by atoms with Crippen LogP contribution in [0.1, 0.15) is 0 Å². The molecule has 1 aliphatic heterocycles. The predicted molar refractivity (Wildman–Crippen MR) is 42.8 cm³/mol. The minimum absolute atomic E-state index is 0.415. The van der Waals surface area contributed by atoms with Crippen molar-refractivity contribution in [2.75, 3.05) is 6.61 Å². The molecule has 6 heteroatoms. The van der Waals surface area contributed by atoms with E-state index in [1.165, 1.54) is 0 Å². The van der Waals surface area contributed by atoms with Gasteiger partial charge < -0.3 is 25.2 Å². The fraction of sp³-hybridized carbons (Fsp3) is 1.00. The van der Waals surface area contributed by atoms with E-state index in [1.807, 2.05) is 0 Å². The van der Waals surface area contributed by atoms with Crippen molar-refractivity contribution in [1.82, 2.24) is 0 Å². The van der Waals surface area contributed by atoms with Gasteiger partial charge in [-0.25, -0.2) is 0 Å². The van der Waals surface area contributed by atoms with Crippen LogP contribution >= 0.6 is 12.6 Å². The second kappa shape index (κ2) is 3.91. The monoisotopic (exact) mass is 196 g/mol. The Bertz CT molecular complexity index is 150. The third-order valence-corrected chi connectivity index (χ3v) is 2.29. The van der Waals surface area contributed by atoms with E-state index in [0.717, 1.165) is 0 Å². The summed E-state index contributed by atoms with van der Waals surface area (Å²) in [5.74, 6) is 0. The summed E-state index contributed by atoms with van der Waals surface area (Å²) in [6, 6.07) is 0. The first-order valence-corrected chi connectivity index (χ1v) is 4.08. The number of aliphatic hydroxyl groups is 4. The highest BCUT2D eigenvalue weighted by atomic mass is 32.1. The molecule has 5 nitrogen and oxygen atoms in total. The maximum absolute atomic E-state index is 9.20. The summed E-state index contributed by atoms with van der Waals surface area (Å²) in [4.78, 5) is 0. The quantitative estimate of drug-likeness (QED) is 0.305. The molecule has 1 rings (SSSR count). The summed E-state index contributed by atoms with van der Waals surface area (Å²) in [6.45, 7) is -0.415. The fourth-order valence-electron chi connectivity index (χ4n) is 1.08. The SMILES string of the molecule is OCC1O[C@@H](S)C(O)[C@@H](O)[C@@H]1O. The molecule has 0 amide bonds. The number of hydrogen-bond donors (Lipinski definition) is 5. The second-order valence-electron chi connectivity index (χ2n) is 2.72. The Hall–Kier alpha value is 0.150. The third-order valence-electron chi connectivity index (χ3n) is 1.87. The number of thiol groups is 1. The van der Waals surface area contributed by atoms with Gasteiger partial charge in [0, 0.05) is 0 Å². The Balaban J connectivity index is 2.63. The summed E-state index contributed by atoms with van der Waals surface area (Å²) in [5.41, 5.74) is -0.874. The normalized spacial score (nSPS) is 49.2. The molecule has 1 saturated heterocycles. The predicted octanol–water partition coefficient (Wildman–Crippen LogP) is -2.28. The van der Waals surface area contributed by atoms with Crippen molar-refractivity contribution < 1.29 is 25.2 Å². The lowest BCUT2D eigenvalue weighted by Crippen LogP contribution is -2.56. The highest BCUT2D eigenvalue weighted by Crippen LogP contribution is 2.22. The molecule has 1 heterocycles. The molecule has 0 aromatic heterocycles. The van der Waals surface area contributed by atoms with Crippen LogP contribution in [0.5, 0.6) is 0 Å². The van der Waals surface area contributed by atoms with Gasteiger partial charge in [0.05, 0.1) is 6.61 Å². The molecule has 0 radical (unpaired) electrons. The molecule has 0 aliphatic carbocycles. The number of ether oxygens (including phenoxy) is 1. The van der Waals surface area contributed by atoms with Gasteiger partial charge in [0.25, 0.3) is 0 Å². The van der Waals surface area contributed by atoms with Crippen molar-refractivity contribution in [3.8, 4) is 0 Å². The lowest BCUT2D eigenvalue weighted by atomic mass is 10.0. The van der Waals surface area contributed by atoms with E-state index in [0.29, 0.717) is 0 Å². The molecule has 4 N–H and O–H groups in total. The molecular formula is C6H12O5S. The zero-order valence-electron chi connectivity index (χ0n) is 6.24. The van der Waals surface area contributed by atoms with Crippen LogP contribution in [-0.2, 0) is 4.74 Å². The van der Waals surface area contributed by atoms with Crippen LogP contribution in [0.25, 0.3) is 0 Å². The molecule has 72 valence electrons. The zero-order chi connectivity index (χ0) is 9.30. The van der Waals surface area contributed by atoms with Gasteiger partial charge in [-0.05, 0) is 0 Å². The second-order valence-corrected chi connectivity index (χ2v) is 3.23. The van der Waals surface area contributed by atoms with Gasteiger partial charge in [0.1, 0.15) is 29.9 Å². The van der Waals surface area contributed by atoms with E-state index in [1.54, 1.807) is 0 Å². The summed E-state index contributed by atoms with van der Waals surface area (Å²) < 4.78 is 4.88. The smallest absolute Gasteiger partial charge is 0.129 e. The maximum Gasteiger partial charge on any atom is 0.129 e. The van der Waals surface area contributed by atoms with Gasteiger partial charge in [-0.1, -0.05) is 0 Å². The van der Waals surface area contributed by atoms with Crippen LogP contribution in [0.15, 0.2) is 0 Å². The Morgan fingerprint density at radius 1 is 1.08 bits per heavy atom. The van der Waals surface area contributed by atoms with Gasteiger partial charge in [-0.2, -0.15) is 0 Å². The van der Waals surface area contributed by atoms with E-state index in [9.17, 15) is 10.2 Å². The number of aliphatic hydroxyl groups excluding tert-OH is 4. The zero-order valence-corrected chi connectivity index (χ0v) is 7.13.